The molecule has 0 aliphatic heterocycles. The van der Waals surface area contributed by atoms with Gasteiger partial charge in [-0.3, -0.25) is 4.79 Å². The number of halogens is 1. The molecule has 0 aliphatic rings. The maximum atomic E-state index is 13.8. The lowest BCUT2D eigenvalue weighted by Gasteiger charge is -2.05. The first-order valence-electron chi connectivity index (χ1n) is 7.94. The van der Waals surface area contributed by atoms with Gasteiger partial charge in [0.1, 0.15) is 28.9 Å². The second-order valence-corrected chi connectivity index (χ2v) is 6.46. The predicted octanol–water partition coefficient (Wildman–Crippen LogP) is 5.07. The summed E-state index contributed by atoms with van der Waals surface area (Å²) in [5.74, 6) is -0.185. The molecule has 0 unspecified atom stereocenters. The number of thiazole rings is 1. The molecule has 1 aromatic heterocycles. The number of aryl methyl sites for hydroxylation is 1. The minimum absolute atomic E-state index is 0.147. The Morgan fingerprint density at radius 1 is 1.31 bits per heavy atom. The molecule has 0 spiro atoms. The molecule has 0 radical (unpaired) electrons. The van der Waals surface area contributed by atoms with Crippen LogP contribution in [0.1, 0.15) is 16.1 Å². The molecule has 3 rings (SSSR count). The molecule has 3 aromatic rings. The largest absolute Gasteiger partial charge is 0.490 e. The van der Waals surface area contributed by atoms with Gasteiger partial charge in [0, 0.05) is 10.9 Å². The molecule has 1 amide bonds. The van der Waals surface area contributed by atoms with Gasteiger partial charge < -0.3 is 10.1 Å². The van der Waals surface area contributed by atoms with Crippen molar-refractivity contribution in [2.24, 2.45) is 0 Å². The highest BCUT2D eigenvalue weighted by atomic mass is 32.1. The second kappa shape index (κ2) is 7.93. The van der Waals surface area contributed by atoms with Crippen LogP contribution in [-0.4, -0.2) is 17.5 Å². The highest BCUT2D eigenvalue weighted by molar-refractivity contribution is 7.13. The van der Waals surface area contributed by atoms with Gasteiger partial charge in [-0.2, -0.15) is 0 Å². The van der Waals surface area contributed by atoms with Gasteiger partial charge >= 0.3 is 0 Å². The number of nitrogens with zero attached hydrogens (tertiary/aromatic N) is 1. The first-order valence-corrected chi connectivity index (χ1v) is 8.82. The van der Waals surface area contributed by atoms with Crippen LogP contribution >= 0.6 is 11.3 Å². The molecule has 0 saturated heterocycles. The lowest BCUT2D eigenvalue weighted by molar-refractivity contribution is 0.102. The van der Waals surface area contributed by atoms with Crippen LogP contribution in [0.4, 0.5) is 10.1 Å². The number of hydrogen-bond acceptors (Lipinski definition) is 4. The van der Waals surface area contributed by atoms with E-state index in [1.165, 1.54) is 17.4 Å². The van der Waals surface area contributed by atoms with Crippen molar-refractivity contribution in [1.82, 2.24) is 4.98 Å². The van der Waals surface area contributed by atoms with E-state index >= 15 is 0 Å². The topological polar surface area (TPSA) is 51.2 Å². The lowest BCUT2D eigenvalue weighted by Crippen LogP contribution is -2.13. The lowest BCUT2D eigenvalue weighted by atomic mass is 10.2. The molecule has 4 nitrogen and oxygen atoms in total. The van der Waals surface area contributed by atoms with Crippen LogP contribution < -0.4 is 10.1 Å². The molecular formula is C20H17FN2O2S. The van der Waals surface area contributed by atoms with Crippen LogP contribution in [0.25, 0.3) is 10.6 Å². The van der Waals surface area contributed by atoms with E-state index in [0.717, 1.165) is 16.9 Å². The van der Waals surface area contributed by atoms with Gasteiger partial charge in [-0.15, -0.1) is 11.3 Å². The van der Waals surface area contributed by atoms with Crippen molar-refractivity contribution in [2.75, 3.05) is 11.9 Å². The molecule has 1 N–H and O–H groups in total. The molecule has 0 fully saturated rings. The standard InChI is InChI=1S/C20H17FN2O2S/c1-3-10-25-15-7-5-14(6-8-15)20-23-18(12-26-20)19(24)22-17-11-13(2)4-9-16(17)21/h3-9,11-12H,1,10H2,2H3,(H,22,24). The summed E-state index contributed by atoms with van der Waals surface area (Å²) in [6.07, 6.45) is 1.68. The van der Waals surface area contributed by atoms with Crippen molar-refractivity contribution in [3.63, 3.8) is 0 Å². The molecule has 6 heteroatoms. The second-order valence-electron chi connectivity index (χ2n) is 5.60. The summed E-state index contributed by atoms with van der Waals surface area (Å²) >= 11 is 1.35. The number of benzene rings is 2. The van der Waals surface area contributed by atoms with Gasteiger partial charge in [-0.25, -0.2) is 9.37 Å². The van der Waals surface area contributed by atoms with E-state index in [-0.39, 0.29) is 11.4 Å². The Morgan fingerprint density at radius 2 is 2.08 bits per heavy atom. The van der Waals surface area contributed by atoms with E-state index < -0.39 is 11.7 Å². The average Bonchev–Trinajstić information content (AvgIpc) is 3.14. The Bertz CT molecular complexity index is 935. The van der Waals surface area contributed by atoms with Crippen LogP contribution in [0, 0.1) is 12.7 Å². The maximum absolute atomic E-state index is 13.8. The van der Waals surface area contributed by atoms with Crippen molar-refractivity contribution in [1.29, 1.82) is 0 Å². The molecule has 26 heavy (non-hydrogen) atoms. The number of carbonyl (C=O) groups is 1. The zero-order valence-corrected chi connectivity index (χ0v) is 15.0. The fourth-order valence-electron chi connectivity index (χ4n) is 2.28. The minimum Gasteiger partial charge on any atom is -0.490 e. The van der Waals surface area contributed by atoms with E-state index in [1.54, 1.807) is 23.6 Å². The van der Waals surface area contributed by atoms with E-state index in [4.69, 9.17) is 4.74 Å². The van der Waals surface area contributed by atoms with Crippen LogP contribution in [0.2, 0.25) is 0 Å². The SMILES string of the molecule is C=CCOc1ccc(-c2nc(C(=O)Nc3cc(C)ccc3F)cs2)cc1. The fourth-order valence-corrected chi connectivity index (χ4v) is 3.09. The number of nitrogens with one attached hydrogen (secondary N) is 1. The number of ether oxygens (including phenoxy) is 1. The Hall–Kier alpha value is -2.99. The van der Waals surface area contributed by atoms with Gasteiger partial charge in [-0.05, 0) is 48.9 Å². The summed E-state index contributed by atoms with van der Waals surface area (Å²) in [5, 5.41) is 4.92. The smallest absolute Gasteiger partial charge is 0.275 e. The van der Waals surface area contributed by atoms with E-state index in [9.17, 15) is 9.18 Å². The third kappa shape index (κ3) is 4.15. The van der Waals surface area contributed by atoms with Gasteiger partial charge in [0.2, 0.25) is 0 Å². The number of amides is 1. The number of anilines is 1. The van der Waals surface area contributed by atoms with Crippen LogP contribution in [0.5, 0.6) is 5.75 Å². The molecule has 0 atom stereocenters. The molecule has 0 saturated carbocycles. The van der Waals surface area contributed by atoms with E-state index in [2.05, 4.69) is 16.9 Å². The highest BCUT2D eigenvalue weighted by Crippen LogP contribution is 2.26. The van der Waals surface area contributed by atoms with E-state index in [1.807, 2.05) is 31.2 Å². The van der Waals surface area contributed by atoms with Crippen molar-refractivity contribution in [3.05, 3.63) is 77.6 Å². The minimum atomic E-state index is -0.477. The molecular weight excluding hydrogens is 351 g/mol. The average molecular weight is 368 g/mol. The summed E-state index contributed by atoms with van der Waals surface area (Å²) < 4.78 is 19.2. The summed E-state index contributed by atoms with van der Waals surface area (Å²) in [6, 6.07) is 12.0. The number of hydrogen-bond donors (Lipinski definition) is 1. The monoisotopic (exact) mass is 368 g/mol. The number of rotatable bonds is 6. The predicted molar refractivity (Wildman–Crippen MR) is 102 cm³/mol. The zero-order valence-electron chi connectivity index (χ0n) is 14.2. The molecule has 132 valence electrons. The van der Waals surface area contributed by atoms with Crippen molar-refractivity contribution in [3.8, 4) is 16.3 Å². The normalized spacial score (nSPS) is 10.4. The van der Waals surface area contributed by atoms with Crippen molar-refractivity contribution >= 4 is 22.9 Å². The van der Waals surface area contributed by atoms with Crippen LogP contribution in [-0.2, 0) is 0 Å². The Morgan fingerprint density at radius 3 is 2.81 bits per heavy atom. The summed E-state index contributed by atoms with van der Waals surface area (Å²) in [6.45, 7) is 5.88. The first-order chi connectivity index (χ1) is 12.6. The van der Waals surface area contributed by atoms with Gasteiger partial charge in [0.05, 0.1) is 5.69 Å². The molecule has 0 bridgehead atoms. The first kappa shape index (κ1) is 17.8. The number of aromatic nitrogens is 1. The highest BCUT2D eigenvalue weighted by Gasteiger charge is 2.14. The van der Waals surface area contributed by atoms with Crippen molar-refractivity contribution in [2.45, 2.75) is 6.92 Å². The fraction of sp³-hybridized carbons (Fsp3) is 0.100. The number of carbonyl (C=O) groups excluding carboxylic acids is 1. The third-order valence-corrected chi connectivity index (χ3v) is 4.47. The summed E-state index contributed by atoms with van der Waals surface area (Å²) in [5.41, 5.74) is 2.13. The van der Waals surface area contributed by atoms with Crippen LogP contribution in [0.3, 0.4) is 0 Å². The van der Waals surface area contributed by atoms with Crippen molar-refractivity contribution < 1.29 is 13.9 Å². The Balaban J connectivity index is 1.73. The molecule has 0 aliphatic carbocycles. The quantitative estimate of drug-likeness (QED) is 0.618. The molecule has 1 heterocycles. The molecule has 2 aromatic carbocycles. The Kier molecular flexibility index (Phi) is 5.43. The van der Waals surface area contributed by atoms with Gasteiger partial charge in [0.25, 0.3) is 5.91 Å². The van der Waals surface area contributed by atoms with E-state index in [0.29, 0.717) is 11.6 Å². The Labute approximate surface area is 155 Å². The summed E-state index contributed by atoms with van der Waals surface area (Å²) in [4.78, 5) is 16.7. The zero-order chi connectivity index (χ0) is 18.5. The van der Waals surface area contributed by atoms with Crippen LogP contribution in [0.15, 0.2) is 60.5 Å². The third-order valence-electron chi connectivity index (χ3n) is 3.58. The maximum Gasteiger partial charge on any atom is 0.275 e. The van der Waals surface area contributed by atoms with Gasteiger partial charge in [0.15, 0.2) is 0 Å². The summed E-state index contributed by atoms with van der Waals surface area (Å²) in [7, 11) is 0. The van der Waals surface area contributed by atoms with Gasteiger partial charge in [-0.1, -0.05) is 18.7 Å².